The molecule has 0 radical (unpaired) electrons. The molecule has 0 aliphatic heterocycles. The first-order valence-corrected chi connectivity index (χ1v) is 9.78. The largest absolute Gasteiger partial charge is 0.482 e. The third-order valence-electron chi connectivity index (χ3n) is 4.86. The number of anilines is 1. The zero-order chi connectivity index (χ0) is 22.3. The summed E-state index contributed by atoms with van der Waals surface area (Å²) < 4.78 is 6.89. The van der Waals surface area contributed by atoms with Gasteiger partial charge in [-0.25, -0.2) is 9.78 Å². The van der Waals surface area contributed by atoms with Gasteiger partial charge in [-0.2, -0.15) is 0 Å². The number of nitrogens with zero attached hydrogens (tertiary/aromatic N) is 4. The van der Waals surface area contributed by atoms with Crippen molar-refractivity contribution in [1.29, 1.82) is 0 Å². The minimum atomic E-state index is -1.03. The molecule has 0 aliphatic carbocycles. The molecule has 1 N–H and O–H groups in total. The Bertz CT molecular complexity index is 892. The van der Waals surface area contributed by atoms with Crippen LogP contribution < -0.4 is 9.64 Å². The predicted molar refractivity (Wildman–Crippen MR) is 112 cm³/mol. The molecule has 30 heavy (non-hydrogen) atoms. The molecule has 9 heteroatoms. The number of hydrogen-bond donors (Lipinski definition) is 1. The number of carbonyl (C=O) groups excluding carboxylic acids is 2. The number of benzene rings is 1. The quantitative estimate of drug-likeness (QED) is 0.560. The number of rotatable bonds is 11. The van der Waals surface area contributed by atoms with Gasteiger partial charge < -0.3 is 19.3 Å². The third-order valence-corrected chi connectivity index (χ3v) is 4.86. The van der Waals surface area contributed by atoms with Crippen LogP contribution in [0.25, 0.3) is 0 Å². The molecule has 0 bridgehead atoms. The topological polar surface area (TPSA) is 105 Å². The lowest BCUT2D eigenvalue weighted by Crippen LogP contribution is -2.31. The molecule has 2 aromatic rings. The summed E-state index contributed by atoms with van der Waals surface area (Å²) in [6.07, 6.45) is 1.91. The van der Waals surface area contributed by atoms with Gasteiger partial charge in [-0.3, -0.25) is 14.5 Å². The maximum Gasteiger partial charge on any atom is 0.341 e. The Morgan fingerprint density at radius 1 is 1.17 bits per heavy atom. The van der Waals surface area contributed by atoms with E-state index in [1.165, 1.54) is 4.90 Å². The summed E-state index contributed by atoms with van der Waals surface area (Å²) in [5.74, 6) is 0.340. The van der Waals surface area contributed by atoms with E-state index in [1.54, 1.807) is 35.7 Å². The van der Waals surface area contributed by atoms with Gasteiger partial charge in [0.2, 0.25) is 6.41 Å². The number of hydrogen-bond acceptors (Lipinski definition) is 5. The average Bonchev–Trinajstić information content (AvgIpc) is 3.07. The van der Waals surface area contributed by atoms with E-state index < -0.39 is 5.97 Å². The van der Waals surface area contributed by atoms with Crippen LogP contribution >= 0.6 is 0 Å². The van der Waals surface area contributed by atoms with Gasteiger partial charge in [0.25, 0.3) is 5.91 Å². The highest BCUT2D eigenvalue weighted by atomic mass is 16.5. The van der Waals surface area contributed by atoms with E-state index in [0.29, 0.717) is 55.4 Å². The number of aryl methyl sites for hydroxylation is 2. The van der Waals surface area contributed by atoms with Crippen LogP contribution in [-0.4, -0.2) is 64.6 Å². The second-order valence-corrected chi connectivity index (χ2v) is 6.80. The standard InChI is InChI=1S/C21H28N4O5/c1-5-23(3)21(29)19-20(25(6-2)14-26)22-17(24(19)4)12-9-15-7-10-16(11-8-15)30-13-18(27)28/h7-8,10-11,14H,5-6,9,12-13H2,1-4H3,(H,27,28). The van der Waals surface area contributed by atoms with Gasteiger partial charge in [0, 0.05) is 33.6 Å². The van der Waals surface area contributed by atoms with Crippen molar-refractivity contribution in [2.75, 3.05) is 31.6 Å². The molecule has 2 rings (SSSR count). The Morgan fingerprint density at radius 3 is 2.37 bits per heavy atom. The lowest BCUT2D eigenvalue weighted by Gasteiger charge is -2.18. The SMILES string of the molecule is CCN(C)C(=O)c1c(N(C=O)CC)nc(CCc2ccc(OCC(=O)O)cc2)n1C. The Morgan fingerprint density at radius 2 is 1.83 bits per heavy atom. The Balaban J connectivity index is 2.22. The smallest absolute Gasteiger partial charge is 0.341 e. The number of carbonyl (C=O) groups is 3. The average molecular weight is 416 g/mol. The van der Waals surface area contributed by atoms with Crippen molar-refractivity contribution in [2.24, 2.45) is 7.05 Å². The van der Waals surface area contributed by atoms with Gasteiger partial charge in [-0.05, 0) is 38.0 Å². The highest BCUT2D eigenvalue weighted by Crippen LogP contribution is 2.23. The van der Waals surface area contributed by atoms with Crippen molar-refractivity contribution >= 4 is 24.1 Å². The van der Waals surface area contributed by atoms with Crippen LogP contribution in [0, 0.1) is 0 Å². The van der Waals surface area contributed by atoms with Crippen molar-refractivity contribution < 1.29 is 24.2 Å². The molecule has 1 aromatic heterocycles. The summed E-state index contributed by atoms with van der Waals surface area (Å²) >= 11 is 0. The van der Waals surface area contributed by atoms with Crippen LogP contribution in [0.1, 0.15) is 35.7 Å². The molecule has 2 amide bonds. The fourth-order valence-corrected chi connectivity index (χ4v) is 2.94. The zero-order valence-electron chi connectivity index (χ0n) is 17.8. The summed E-state index contributed by atoms with van der Waals surface area (Å²) in [5, 5.41) is 8.67. The molecule has 1 heterocycles. The van der Waals surface area contributed by atoms with Gasteiger partial charge in [0.05, 0.1) is 0 Å². The molecule has 0 unspecified atom stereocenters. The van der Waals surface area contributed by atoms with Gasteiger partial charge in [-0.15, -0.1) is 0 Å². The van der Waals surface area contributed by atoms with Crippen molar-refractivity contribution in [3.05, 3.63) is 41.3 Å². The van der Waals surface area contributed by atoms with Crippen LogP contribution in [0.2, 0.25) is 0 Å². The Labute approximate surface area is 175 Å². The second-order valence-electron chi connectivity index (χ2n) is 6.80. The van der Waals surface area contributed by atoms with E-state index in [9.17, 15) is 14.4 Å². The molecular weight excluding hydrogens is 388 g/mol. The second kappa shape index (κ2) is 10.4. The van der Waals surface area contributed by atoms with E-state index in [1.807, 2.05) is 26.0 Å². The van der Waals surface area contributed by atoms with E-state index in [2.05, 4.69) is 4.98 Å². The highest BCUT2D eigenvalue weighted by Gasteiger charge is 2.26. The Kier molecular flexibility index (Phi) is 7.97. The highest BCUT2D eigenvalue weighted by molar-refractivity contribution is 5.99. The normalized spacial score (nSPS) is 10.5. The van der Waals surface area contributed by atoms with Gasteiger partial charge in [0.15, 0.2) is 18.1 Å². The van der Waals surface area contributed by atoms with Crippen LogP contribution in [0.3, 0.4) is 0 Å². The van der Waals surface area contributed by atoms with E-state index in [-0.39, 0.29) is 12.5 Å². The van der Waals surface area contributed by atoms with E-state index >= 15 is 0 Å². The molecular formula is C21H28N4O5. The number of aromatic nitrogens is 2. The molecule has 0 spiro atoms. The van der Waals surface area contributed by atoms with E-state index in [4.69, 9.17) is 9.84 Å². The minimum Gasteiger partial charge on any atom is -0.482 e. The molecule has 9 nitrogen and oxygen atoms in total. The number of amides is 2. The van der Waals surface area contributed by atoms with Gasteiger partial charge >= 0.3 is 5.97 Å². The Hall–Kier alpha value is -3.36. The first-order chi connectivity index (χ1) is 14.3. The number of carboxylic acids is 1. The summed E-state index contributed by atoms with van der Waals surface area (Å²) in [4.78, 5) is 42.5. The fraction of sp³-hybridized carbons (Fsp3) is 0.429. The molecule has 0 saturated carbocycles. The van der Waals surface area contributed by atoms with Crippen molar-refractivity contribution in [1.82, 2.24) is 14.5 Å². The summed E-state index contributed by atoms with van der Waals surface area (Å²) in [7, 11) is 3.49. The maximum absolute atomic E-state index is 12.9. The van der Waals surface area contributed by atoms with Crippen LogP contribution in [-0.2, 0) is 29.5 Å². The summed E-state index contributed by atoms with van der Waals surface area (Å²) in [6, 6.07) is 7.17. The third kappa shape index (κ3) is 5.37. The number of aliphatic carboxylic acids is 1. The molecule has 1 aromatic carbocycles. The van der Waals surface area contributed by atoms with E-state index in [0.717, 1.165) is 5.56 Å². The van der Waals surface area contributed by atoms with Crippen LogP contribution in [0.5, 0.6) is 5.75 Å². The minimum absolute atomic E-state index is 0.186. The number of ether oxygens (including phenoxy) is 1. The fourth-order valence-electron chi connectivity index (χ4n) is 2.94. The van der Waals surface area contributed by atoms with Crippen molar-refractivity contribution in [3.63, 3.8) is 0 Å². The van der Waals surface area contributed by atoms with Crippen LogP contribution in [0.15, 0.2) is 24.3 Å². The number of imidazole rings is 1. The first-order valence-electron chi connectivity index (χ1n) is 9.78. The van der Waals surface area contributed by atoms with Crippen molar-refractivity contribution in [2.45, 2.75) is 26.7 Å². The molecule has 0 atom stereocenters. The molecule has 0 fully saturated rings. The summed E-state index contributed by atoms with van der Waals surface area (Å²) in [6.45, 7) is 4.28. The predicted octanol–water partition coefficient (Wildman–Crippen LogP) is 1.74. The van der Waals surface area contributed by atoms with Crippen LogP contribution in [0.4, 0.5) is 5.82 Å². The number of carboxylic acid groups (broad SMARTS) is 1. The molecule has 162 valence electrons. The van der Waals surface area contributed by atoms with Crippen molar-refractivity contribution in [3.8, 4) is 5.75 Å². The zero-order valence-corrected chi connectivity index (χ0v) is 17.8. The van der Waals surface area contributed by atoms with Gasteiger partial charge in [-0.1, -0.05) is 12.1 Å². The first kappa shape index (κ1) is 22.9. The maximum atomic E-state index is 12.9. The van der Waals surface area contributed by atoms with Gasteiger partial charge in [0.1, 0.15) is 11.6 Å². The lowest BCUT2D eigenvalue weighted by molar-refractivity contribution is -0.139. The monoisotopic (exact) mass is 416 g/mol. The lowest BCUT2D eigenvalue weighted by atomic mass is 10.1. The molecule has 0 aliphatic rings. The molecule has 0 saturated heterocycles. The summed E-state index contributed by atoms with van der Waals surface area (Å²) in [5.41, 5.74) is 1.41.